The normalized spacial score (nSPS) is 27.2. The third-order valence-electron chi connectivity index (χ3n) is 5.51. The highest BCUT2D eigenvalue weighted by Gasteiger charge is 2.39. The molecule has 0 aromatic carbocycles. The van der Waals surface area contributed by atoms with E-state index < -0.39 is 5.92 Å². The van der Waals surface area contributed by atoms with Gasteiger partial charge in [-0.15, -0.1) is 0 Å². The first-order valence-corrected chi connectivity index (χ1v) is 8.79. The topological polar surface area (TPSA) is 75.5 Å². The van der Waals surface area contributed by atoms with Crippen molar-refractivity contribution in [3.05, 3.63) is 22.2 Å². The number of carbonyl (C=O) groups excluding carboxylic acids is 1. The van der Waals surface area contributed by atoms with Crippen LogP contribution in [-0.4, -0.2) is 41.8 Å². The summed E-state index contributed by atoms with van der Waals surface area (Å²) in [6.45, 7) is 0.500. The summed E-state index contributed by atoms with van der Waals surface area (Å²) in [5.74, 6) is -1.75. The Labute approximate surface area is 144 Å². The largest absolute Gasteiger partial charge is 0.453 e. The van der Waals surface area contributed by atoms with Crippen molar-refractivity contribution in [3.63, 3.8) is 0 Å². The summed E-state index contributed by atoms with van der Waals surface area (Å²) in [5.41, 5.74) is -0.281. The maximum atomic E-state index is 13.4. The maximum Gasteiger partial charge on any atom is 0.409 e. The van der Waals surface area contributed by atoms with E-state index in [0.717, 1.165) is 0 Å². The summed E-state index contributed by atoms with van der Waals surface area (Å²) in [4.78, 5) is 25.1. The Balaban J connectivity index is 1.69. The van der Waals surface area contributed by atoms with Crippen LogP contribution in [0.15, 0.2) is 15.4 Å². The van der Waals surface area contributed by atoms with Gasteiger partial charge in [0.2, 0.25) is 5.92 Å². The molecule has 3 rings (SSSR count). The van der Waals surface area contributed by atoms with Crippen LogP contribution >= 0.6 is 0 Å². The van der Waals surface area contributed by atoms with Crippen molar-refractivity contribution in [1.82, 2.24) is 10.1 Å². The first-order valence-electron chi connectivity index (χ1n) is 8.79. The van der Waals surface area contributed by atoms with Gasteiger partial charge in [-0.1, -0.05) is 0 Å². The highest BCUT2D eigenvalue weighted by molar-refractivity contribution is 5.68. The fourth-order valence-electron chi connectivity index (χ4n) is 4.11. The molecule has 0 bridgehead atoms. The molecule has 1 aromatic heterocycles. The van der Waals surface area contributed by atoms with E-state index in [0.29, 0.717) is 44.4 Å². The molecule has 1 aliphatic carbocycles. The van der Waals surface area contributed by atoms with Crippen LogP contribution in [0.2, 0.25) is 0 Å². The first kappa shape index (κ1) is 17.9. The third kappa shape index (κ3) is 4.22. The molecule has 0 spiro atoms. The quantitative estimate of drug-likeness (QED) is 0.897. The second-order valence-corrected chi connectivity index (χ2v) is 7.19. The number of amides is 1. The molecule has 1 amide bonds. The van der Waals surface area contributed by atoms with E-state index in [1.807, 2.05) is 0 Å². The molecule has 2 atom stereocenters. The number of hydrogen-bond acceptors (Lipinski definition) is 4. The van der Waals surface area contributed by atoms with Gasteiger partial charge < -0.3 is 14.2 Å². The van der Waals surface area contributed by atoms with Crippen LogP contribution in [0.3, 0.4) is 0 Å². The second kappa shape index (κ2) is 7.17. The monoisotopic (exact) mass is 358 g/mol. The average molecular weight is 358 g/mol. The van der Waals surface area contributed by atoms with Gasteiger partial charge in [-0.3, -0.25) is 4.79 Å². The number of aromatic nitrogens is 1. The average Bonchev–Trinajstić information content (AvgIpc) is 3.02. The van der Waals surface area contributed by atoms with E-state index in [1.165, 1.54) is 13.2 Å². The molecular formula is C17H24F2N2O4. The van der Waals surface area contributed by atoms with E-state index in [1.54, 1.807) is 4.90 Å². The molecule has 1 saturated heterocycles. The van der Waals surface area contributed by atoms with Crippen LogP contribution in [0.5, 0.6) is 0 Å². The van der Waals surface area contributed by atoms with Gasteiger partial charge in [-0.25, -0.2) is 13.6 Å². The third-order valence-corrected chi connectivity index (χ3v) is 5.51. The van der Waals surface area contributed by atoms with Crippen molar-refractivity contribution in [2.24, 2.45) is 5.92 Å². The van der Waals surface area contributed by atoms with Gasteiger partial charge in [-0.2, -0.15) is 5.16 Å². The van der Waals surface area contributed by atoms with Crippen LogP contribution < -0.4 is 5.56 Å². The fourth-order valence-corrected chi connectivity index (χ4v) is 4.11. The number of H-pyrrole nitrogens is 1. The lowest BCUT2D eigenvalue weighted by molar-refractivity contribution is -0.0498. The minimum Gasteiger partial charge on any atom is -0.453 e. The lowest BCUT2D eigenvalue weighted by Crippen LogP contribution is -2.46. The number of rotatable bonds is 3. The van der Waals surface area contributed by atoms with Crippen molar-refractivity contribution in [3.8, 4) is 0 Å². The number of piperidine rings is 1. The van der Waals surface area contributed by atoms with Crippen LogP contribution in [-0.2, 0) is 4.74 Å². The predicted molar refractivity (Wildman–Crippen MR) is 85.7 cm³/mol. The molecule has 0 unspecified atom stereocenters. The smallest absolute Gasteiger partial charge is 0.409 e. The van der Waals surface area contributed by atoms with Crippen LogP contribution in [0.1, 0.15) is 56.6 Å². The van der Waals surface area contributed by atoms with E-state index in [9.17, 15) is 18.4 Å². The number of methoxy groups -OCH3 is 1. The molecule has 1 N–H and O–H groups in total. The van der Waals surface area contributed by atoms with Gasteiger partial charge in [-0.05, 0) is 38.0 Å². The van der Waals surface area contributed by atoms with Crippen molar-refractivity contribution in [1.29, 1.82) is 0 Å². The van der Waals surface area contributed by atoms with Crippen LogP contribution in [0, 0.1) is 5.92 Å². The van der Waals surface area contributed by atoms with Crippen LogP contribution in [0.25, 0.3) is 0 Å². The minimum absolute atomic E-state index is 0.0369. The number of halogens is 2. The minimum atomic E-state index is -2.55. The Bertz CT molecular complexity index is 647. The second-order valence-electron chi connectivity index (χ2n) is 7.19. The Morgan fingerprint density at radius 3 is 2.72 bits per heavy atom. The van der Waals surface area contributed by atoms with Crippen molar-refractivity contribution < 1.29 is 22.8 Å². The molecular weight excluding hydrogens is 334 g/mol. The fraction of sp³-hybridized carbons (Fsp3) is 0.765. The number of alkyl halides is 2. The summed E-state index contributed by atoms with van der Waals surface area (Å²) in [5, 5.41) is 2.30. The van der Waals surface area contributed by atoms with E-state index in [-0.39, 0.29) is 42.4 Å². The molecule has 2 fully saturated rings. The van der Waals surface area contributed by atoms with E-state index in [2.05, 4.69) is 5.16 Å². The molecule has 1 aromatic rings. The number of carbonyl (C=O) groups is 1. The summed E-state index contributed by atoms with van der Waals surface area (Å²) >= 11 is 0. The van der Waals surface area contributed by atoms with Gasteiger partial charge in [0.15, 0.2) is 0 Å². The molecule has 6 nitrogen and oxygen atoms in total. The van der Waals surface area contributed by atoms with Gasteiger partial charge in [0.05, 0.1) is 7.11 Å². The SMILES string of the molecule is COC(=O)N1CC[C@@H](c2cc(=O)[nH]o2)C[C@H]1CC1CCC(F)(F)CC1. The molecule has 140 valence electrons. The molecule has 2 aliphatic rings. The summed E-state index contributed by atoms with van der Waals surface area (Å²) < 4.78 is 36.8. The van der Waals surface area contributed by atoms with E-state index in [4.69, 9.17) is 9.26 Å². The van der Waals surface area contributed by atoms with E-state index >= 15 is 0 Å². The molecule has 25 heavy (non-hydrogen) atoms. The number of nitrogens with zero attached hydrogens (tertiary/aromatic N) is 1. The maximum absolute atomic E-state index is 13.4. The van der Waals surface area contributed by atoms with Gasteiger partial charge in [0.1, 0.15) is 5.76 Å². The Morgan fingerprint density at radius 1 is 1.40 bits per heavy atom. The van der Waals surface area contributed by atoms with Gasteiger partial charge in [0, 0.05) is 37.4 Å². The molecule has 0 radical (unpaired) electrons. The number of ether oxygens (including phenoxy) is 1. The van der Waals surface area contributed by atoms with Gasteiger partial charge in [0.25, 0.3) is 5.56 Å². The number of nitrogens with one attached hydrogen (secondary N) is 1. The van der Waals surface area contributed by atoms with Crippen molar-refractivity contribution in [2.75, 3.05) is 13.7 Å². The lowest BCUT2D eigenvalue weighted by Gasteiger charge is -2.40. The standard InChI is InChI=1S/C17H24F2N2O4/c1-24-16(23)21-7-4-12(14-10-15(22)20-25-14)9-13(21)8-11-2-5-17(18,19)6-3-11/h10-13H,2-9H2,1H3,(H,20,22)/t12-,13-/m1/s1. The predicted octanol–water partition coefficient (Wildman–Crippen LogP) is 3.50. The molecule has 2 heterocycles. The number of aromatic amines is 1. The highest BCUT2D eigenvalue weighted by Crippen LogP contribution is 2.41. The zero-order chi connectivity index (χ0) is 18.0. The first-order chi connectivity index (χ1) is 11.9. The summed E-state index contributed by atoms with van der Waals surface area (Å²) in [7, 11) is 1.35. The number of hydrogen-bond donors (Lipinski definition) is 1. The lowest BCUT2D eigenvalue weighted by atomic mass is 9.79. The van der Waals surface area contributed by atoms with Crippen LogP contribution in [0.4, 0.5) is 13.6 Å². The Kier molecular flexibility index (Phi) is 5.15. The molecule has 1 saturated carbocycles. The van der Waals surface area contributed by atoms with Crippen molar-refractivity contribution in [2.45, 2.75) is 62.8 Å². The zero-order valence-corrected chi connectivity index (χ0v) is 14.3. The van der Waals surface area contributed by atoms with Crippen molar-refractivity contribution >= 4 is 6.09 Å². The molecule has 1 aliphatic heterocycles. The molecule has 8 heteroatoms. The number of likely N-dealkylation sites (tertiary alicyclic amines) is 1. The zero-order valence-electron chi connectivity index (χ0n) is 14.3. The summed E-state index contributed by atoms with van der Waals surface area (Å²) in [6, 6.07) is 1.35. The highest BCUT2D eigenvalue weighted by atomic mass is 19.3. The van der Waals surface area contributed by atoms with Gasteiger partial charge >= 0.3 is 6.09 Å². The summed E-state index contributed by atoms with van der Waals surface area (Å²) in [6.07, 6.45) is 2.39. The Morgan fingerprint density at radius 2 is 2.12 bits per heavy atom. The Hall–Kier alpha value is -1.86.